The monoisotopic (exact) mass is 384 g/mol. The van der Waals surface area contributed by atoms with Crippen molar-refractivity contribution in [1.82, 2.24) is 0 Å². The van der Waals surface area contributed by atoms with Crippen LogP contribution in [0.5, 0.6) is 0 Å². The zero-order chi connectivity index (χ0) is 19.6. The summed E-state index contributed by atoms with van der Waals surface area (Å²) in [7, 11) is 0. The number of rotatable bonds is 7. The van der Waals surface area contributed by atoms with Crippen LogP contribution >= 0.6 is 0 Å². The van der Waals surface area contributed by atoms with Crippen molar-refractivity contribution < 1.29 is 62.6 Å². The Balaban J connectivity index is 5.40. The summed E-state index contributed by atoms with van der Waals surface area (Å²) in [5.74, 6) is -14.2. The predicted molar refractivity (Wildman–Crippen MR) is 52.7 cm³/mol. The van der Waals surface area contributed by atoms with Crippen LogP contribution < -0.4 is 0 Å². The van der Waals surface area contributed by atoms with E-state index in [-0.39, 0.29) is 0 Å². The van der Waals surface area contributed by atoms with Crippen molar-refractivity contribution in [3.8, 4) is 0 Å². The largest absolute Gasteiger partial charge is 0.462 e. The maximum absolute atomic E-state index is 13.1. The van der Waals surface area contributed by atoms with Crippen LogP contribution in [0, 0.1) is 0 Å². The van der Waals surface area contributed by atoms with Crippen molar-refractivity contribution in [2.45, 2.75) is 36.7 Å². The van der Waals surface area contributed by atoms with Gasteiger partial charge in [-0.05, 0) is 0 Å². The molecule has 0 spiro atoms. The second-order valence-corrected chi connectivity index (χ2v) is 4.04. The Labute approximate surface area is 126 Å². The van der Waals surface area contributed by atoms with Crippen LogP contribution in [0.2, 0.25) is 0 Å². The number of alkyl halides is 11. The van der Waals surface area contributed by atoms with Crippen LogP contribution in [-0.4, -0.2) is 42.8 Å². The Hall–Kier alpha value is -1.60. The van der Waals surface area contributed by atoms with E-state index in [1.165, 1.54) is 0 Å². The molecule has 0 aromatic heterocycles. The third-order valence-electron chi connectivity index (χ3n) is 2.25. The molecule has 0 unspecified atom stereocenters. The molecule has 14 heteroatoms. The number of ether oxygens (including phenoxy) is 2. The molecule has 0 aliphatic heterocycles. The quantitative estimate of drug-likeness (QED) is 0.376. The highest BCUT2D eigenvalue weighted by Crippen LogP contribution is 2.52. The van der Waals surface area contributed by atoms with Gasteiger partial charge >= 0.3 is 36.2 Å². The van der Waals surface area contributed by atoms with E-state index < -0.39 is 49.2 Å². The average Bonchev–Trinajstić information content (AvgIpc) is 2.34. The van der Waals surface area contributed by atoms with Crippen LogP contribution in [0.25, 0.3) is 0 Å². The summed E-state index contributed by atoms with van der Waals surface area (Å²) in [5.41, 5.74) is 0. The lowest BCUT2D eigenvalue weighted by Gasteiger charge is -2.35. The molecular formula is C10H7F11O3. The Morgan fingerprint density at radius 2 is 1.29 bits per heavy atom. The fourth-order valence-corrected chi connectivity index (χ4v) is 1.01. The first-order chi connectivity index (χ1) is 10.4. The van der Waals surface area contributed by atoms with E-state index in [1.807, 2.05) is 4.74 Å². The fourth-order valence-electron chi connectivity index (χ4n) is 1.01. The normalized spacial score (nSPS) is 14.5. The van der Waals surface area contributed by atoms with Gasteiger partial charge in [0.25, 0.3) is 0 Å². The molecule has 0 fully saturated rings. The van der Waals surface area contributed by atoms with E-state index in [4.69, 9.17) is 0 Å². The molecule has 0 aromatic carbocycles. The van der Waals surface area contributed by atoms with E-state index in [2.05, 4.69) is 11.3 Å². The van der Waals surface area contributed by atoms with Gasteiger partial charge in [0.1, 0.15) is 0 Å². The van der Waals surface area contributed by atoms with E-state index in [9.17, 15) is 53.1 Å². The molecule has 0 amide bonds. The first-order valence-corrected chi connectivity index (χ1v) is 5.48. The van der Waals surface area contributed by atoms with Gasteiger partial charge in [-0.1, -0.05) is 6.58 Å². The van der Waals surface area contributed by atoms with E-state index in [0.717, 1.165) is 0 Å². The topological polar surface area (TPSA) is 35.5 Å². The second-order valence-electron chi connectivity index (χ2n) is 4.04. The number of esters is 1. The van der Waals surface area contributed by atoms with Gasteiger partial charge in [-0.3, -0.25) is 4.74 Å². The number of halogens is 11. The molecule has 0 atom stereocenters. The summed E-state index contributed by atoms with van der Waals surface area (Å²) in [6.45, 7) is 1.25. The van der Waals surface area contributed by atoms with E-state index in [0.29, 0.717) is 6.08 Å². The lowest BCUT2D eigenvalue weighted by molar-refractivity contribution is -0.503. The fraction of sp³-hybridized carbons (Fsp3) is 0.700. The highest BCUT2D eigenvalue weighted by atomic mass is 19.4. The molecular weight excluding hydrogens is 377 g/mol. The van der Waals surface area contributed by atoms with E-state index in [1.54, 1.807) is 0 Å². The summed E-state index contributed by atoms with van der Waals surface area (Å²) in [6.07, 6.45) is -22.6. The molecule has 0 heterocycles. The van der Waals surface area contributed by atoms with Crippen LogP contribution in [0.15, 0.2) is 12.7 Å². The molecule has 0 aliphatic rings. The van der Waals surface area contributed by atoms with Gasteiger partial charge in [0, 0.05) is 6.08 Å². The molecule has 0 bridgehead atoms. The summed E-state index contributed by atoms with van der Waals surface area (Å²) < 4.78 is 143. The lowest BCUT2D eigenvalue weighted by atomic mass is 10.2. The SMILES string of the molecule is C=CC(=O)OCCC(F)(F)C(F)(F)OC(F)(C(F)(F)F)C(F)(F)F. The summed E-state index contributed by atoms with van der Waals surface area (Å²) in [6, 6.07) is 0. The standard InChI is InChI=1S/C10H7F11O3/c1-2-5(22)23-4-3-6(11,12)10(20,21)24-7(13,8(14,15)16)9(17,18)19/h2H,1,3-4H2. The Morgan fingerprint density at radius 1 is 0.875 bits per heavy atom. The molecule has 0 N–H and O–H groups in total. The maximum atomic E-state index is 13.1. The Kier molecular flexibility index (Phi) is 6.27. The highest BCUT2D eigenvalue weighted by molar-refractivity contribution is 5.81. The molecule has 0 radical (unpaired) electrons. The lowest BCUT2D eigenvalue weighted by Crippen LogP contribution is -2.61. The molecule has 0 aromatic rings. The third kappa shape index (κ3) is 4.70. The van der Waals surface area contributed by atoms with Crippen molar-refractivity contribution >= 4 is 5.97 Å². The summed E-state index contributed by atoms with van der Waals surface area (Å²) >= 11 is 0. The summed E-state index contributed by atoms with van der Waals surface area (Å²) in [4.78, 5) is 10.5. The third-order valence-corrected chi connectivity index (χ3v) is 2.25. The molecule has 0 aliphatic carbocycles. The van der Waals surface area contributed by atoms with Crippen molar-refractivity contribution in [2.24, 2.45) is 0 Å². The van der Waals surface area contributed by atoms with Gasteiger partial charge in [-0.2, -0.15) is 48.3 Å². The predicted octanol–water partition coefficient (Wildman–Crippen LogP) is 4.14. The van der Waals surface area contributed by atoms with Gasteiger partial charge in [0.2, 0.25) is 0 Å². The zero-order valence-corrected chi connectivity index (χ0v) is 11.1. The van der Waals surface area contributed by atoms with Crippen LogP contribution in [0.3, 0.4) is 0 Å². The van der Waals surface area contributed by atoms with Gasteiger partial charge in [0.15, 0.2) is 0 Å². The minimum atomic E-state index is -7.12. The smallest absolute Gasteiger partial charge is 0.458 e. The molecule has 3 nitrogen and oxygen atoms in total. The zero-order valence-electron chi connectivity index (χ0n) is 11.1. The number of hydrogen-bond donors (Lipinski definition) is 0. The molecule has 0 rings (SSSR count). The van der Waals surface area contributed by atoms with Gasteiger partial charge in [-0.25, -0.2) is 4.79 Å². The van der Waals surface area contributed by atoms with Crippen LogP contribution in [0.4, 0.5) is 48.3 Å². The first kappa shape index (κ1) is 22.4. The molecule has 0 saturated carbocycles. The van der Waals surface area contributed by atoms with Gasteiger partial charge < -0.3 is 4.74 Å². The van der Waals surface area contributed by atoms with Crippen LogP contribution in [-0.2, 0) is 14.3 Å². The summed E-state index contributed by atoms with van der Waals surface area (Å²) in [5, 5.41) is 0. The minimum Gasteiger partial charge on any atom is -0.462 e. The van der Waals surface area contributed by atoms with Crippen molar-refractivity contribution in [3.63, 3.8) is 0 Å². The first-order valence-electron chi connectivity index (χ1n) is 5.48. The van der Waals surface area contributed by atoms with Gasteiger partial charge in [-0.15, -0.1) is 0 Å². The highest BCUT2D eigenvalue weighted by Gasteiger charge is 2.79. The van der Waals surface area contributed by atoms with Crippen LogP contribution in [0.1, 0.15) is 6.42 Å². The second kappa shape index (κ2) is 6.72. The molecule has 142 valence electrons. The number of carbonyl (C=O) groups excluding carboxylic acids is 1. The number of carbonyl (C=O) groups is 1. The van der Waals surface area contributed by atoms with Crippen molar-refractivity contribution in [1.29, 1.82) is 0 Å². The minimum absolute atomic E-state index is 0.409. The van der Waals surface area contributed by atoms with Crippen molar-refractivity contribution in [3.05, 3.63) is 12.7 Å². The van der Waals surface area contributed by atoms with E-state index >= 15 is 0 Å². The molecule has 0 saturated heterocycles. The number of hydrogen-bond acceptors (Lipinski definition) is 3. The Morgan fingerprint density at radius 3 is 1.62 bits per heavy atom. The van der Waals surface area contributed by atoms with Crippen molar-refractivity contribution in [2.75, 3.05) is 6.61 Å². The molecule has 24 heavy (non-hydrogen) atoms. The average molecular weight is 384 g/mol. The Bertz CT molecular complexity index is 452. The maximum Gasteiger partial charge on any atom is 0.458 e. The van der Waals surface area contributed by atoms with Gasteiger partial charge in [0.05, 0.1) is 13.0 Å².